The Bertz CT molecular complexity index is 1670. The van der Waals surface area contributed by atoms with E-state index < -0.39 is 0 Å². The predicted molar refractivity (Wildman–Crippen MR) is 138 cm³/mol. The third kappa shape index (κ3) is 4.00. The van der Waals surface area contributed by atoms with Crippen molar-refractivity contribution >= 4 is 34.2 Å². The molecule has 0 atom stereocenters. The summed E-state index contributed by atoms with van der Waals surface area (Å²) in [4.78, 5) is 25.5. The summed E-state index contributed by atoms with van der Waals surface area (Å²) in [5.74, 6) is 1.67. The standard InChI is InChI=1S/C27H24N4O3S/c1-16-9-10-17(2)23(13-16)30-25(33)21-7-5-6-8-22(21)31-26(30)28-29-27(31)35-15-20-14-19(18(3)32)11-12-24(20)34-4/h5-14H,15H2,1-4H3. The molecule has 8 heteroatoms. The maximum atomic E-state index is 13.6. The molecule has 0 aliphatic heterocycles. The molecule has 0 fully saturated rings. The molecule has 0 bridgehead atoms. The number of hydrogen-bond acceptors (Lipinski definition) is 6. The number of ether oxygens (including phenoxy) is 1. The lowest BCUT2D eigenvalue weighted by atomic mass is 10.1. The first kappa shape index (κ1) is 22.9. The maximum Gasteiger partial charge on any atom is 0.267 e. The van der Waals surface area contributed by atoms with Gasteiger partial charge in [0, 0.05) is 16.9 Å². The first-order valence-electron chi connectivity index (χ1n) is 11.2. The highest BCUT2D eigenvalue weighted by Crippen LogP contribution is 2.30. The van der Waals surface area contributed by atoms with Crippen LogP contribution in [-0.2, 0) is 5.75 Å². The highest BCUT2D eigenvalue weighted by atomic mass is 32.2. The number of benzene rings is 3. The van der Waals surface area contributed by atoms with Crippen LogP contribution in [0.1, 0.15) is 34.0 Å². The second-order valence-corrected chi connectivity index (χ2v) is 9.38. The molecule has 2 aromatic heterocycles. The van der Waals surface area contributed by atoms with Gasteiger partial charge in [-0.05, 0) is 68.3 Å². The SMILES string of the molecule is COc1ccc(C(C)=O)cc1CSc1nnc2n(-c3cc(C)ccc3C)c(=O)c3ccccc3n12. The topological polar surface area (TPSA) is 78.5 Å². The minimum absolute atomic E-state index is 0.00429. The fraction of sp³-hybridized carbons (Fsp3) is 0.185. The molecule has 0 amide bonds. The van der Waals surface area contributed by atoms with Crippen molar-refractivity contribution in [2.75, 3.05) is 7.11 Å². The van der Waals surface area contributed by atoms with Crippen LogP contribution < -0.4 is 10.3 Å². The number of para-hydroxylation sites is 1. The number of carbonyl (C=O) groups is 1. The van der Waals surface area contributed by atoms with Crippen LogP contribution in [0.2, 0.25) is 0 Å². The second-order valence-electron chi connectivity index (χ2n) is 8.44. The fourth-order valence-corrected chi connectivity index (χ4v) is 5.12. The number of ketones is 1. The van der Waals surface area contributed by atoms with Crippen LogP contribution in [0.15, 0.2) is 70.6 Å². The van der Waals surface area contributed by atoms with Gasteiger partial charge in [0.2, 0.25) is 5.78 Å². The van der Waals surface area contributed by atoms with Crippen LogP contribution in [0.4, 0.5) is 0 Å². The summed E-state index contributed by atoms with van der Waals surface area (Å²) in [5, 5.41) is 10.1. The van der Waals surface area contributed by atoms with E-state index in [1.54, 1.807) is 24.7 Å². The molecule has 35 heavy (non-hydrogen) atoms. The number of aromatic nitrogens is 4. The molecule has 0 aliphatic rings. The summed E-state index contributed by atoms with van der Waals surface area (Å²) in [6, 6.07) is 18.9. The molecular formula is C27H24N4O3S. The van der Waals surface area contributed by atoms with Crippen molar-refractivity contribution in [2.45, 2.75) is 31.7 Å². The number of methoxy groups -OCH3 is 1. The number of carbonyl (C=O) groups excluding carboxylic acids is 1. The second kappa shape index (κ2) is 9.03. The van der Waals surface area contributed by atoms with Gasteiger partial charge in [0.15, 0.2) is 10.9 Å². The largest absolute Gasteiger partial charge is 0.496 e. The number of Topliss-reactive ketones (excluding diaryl/α,β-unsaturated/α-hetero) is 1. The number of hydrogen-bond donors (Lipinski definition) is 0. The highest BCUT2D eigenvalue weighted by Gasteiger charge is 2.19. The van der Waals surface area contributed by atoms with Gasteiger partial charge in [-0.25, -0.2) is 4.57 Å². The van der Waals surface area contributed by atoms with Crippen molar-refractivity contribution in [2.24, 2.45) is 0 Å². The van der Waals surface area contributed by atoms with Crippen molar-refractivity contribution < 1.29 is 9.53 Å². The molecule has 0 unspecified atom stereocenters. The lowest BCUT2D eigenvalue weighted by Gasteiger charge is -2.14. The molecule has 5 rings (SSSR count). The highest BCUT2D eigenvalue weighted by molar-refractivity contribution is 7.98. The van der Waals surface area contributed by atoms with E-state index in [0.717, 1.165) is 27.9 Å². The Balaban J connectivity index is 1.69. The van der Waals surface area contributed by atoms with Crippen molar-refractivity contribution in [3.63, 3.8) is 0 Å². The van der Waals surface area contributed by atoms with Crippen LogP contribution in [0.5, 0.6) is 5.75 Å². The van der Waals surface area contributed by atoms with Crippen LogP contribution in [0, 0.1) is 13.8 Å². The summed E-state index contributed by atoms with van der Waals surface area (Å²) in [5.41, 5.74) is 4.92. The molecule has 3 aromatic carbocycles. The Morgan fingerprint density at radius 3 is 2.60 bits per heavy atom. The molecule has 0 N–H and O–H groups in total. The van der Waals surface area contributed by atoms with E-state index in [2.05, 4.69) is 10.2 Å². The Kier molecular flexibility index (Phi) is 5.90. The Morgan fingerprint density at radius 2 is 1.83 bits per heavy atom. The monoisotopic (exact) mass is 484 g/mol. The molecule has 2 heterocycles. The molecule has 0 radical (unpaired) electrons. The van der Waals surface area contributed by atoms with E-state index in [9.17, 15) is 9.59 Å². The molecule has 0 spiro atoms. The number of aryl methyl sites for hydroxylation is 2. The molecular weight excluding hydrogens is 460 g/mol. The fourth-order valence-electron chi connectivity index (χ4n) is 4.20. The minimum atomic E-state index is -0.137. The zero-order valence-corrected chi connectivity index (χ0v) is 20.7. The van der Waals surface area contributed by atoms with Crippen molar-refractivity contribution in [1.29, 1.82) is 0 Å². The third-order valence-electron chi connectivity index (χ3n) is 6.04. The zero-order chi connectivity index (χ0) is 24.7. The van der Waals surface area contributed by atoms with E-state index in [4.69, 9.17) is 4.74 Å². The van der Waals surface area contributed by atoms with Gasteiger partial charge in [0.05, 0.1) is 23.7 Å². The molecule has 176 valence electrons. The van der Waals surface area contributed by atoms with Crippen LogP contribution in [0.3, 0.4) is 0 Å². The summed E-state index contributed by atoms with van der Waals surface area (Å²) in [6.07, 6.45) is 0. The average molecular weight is 485 g/mol. The summed E-state index contributed by atoms with van der Waals surface area (Å²) >= 11 is 1.47. The molecule has 0 saturated heterocycles. The normalized spacial score (nSPS) is 11.3. The zero-order valence-electron chi connectivity index (χ0n) is 19.9. The quantitative estimate of drug-likeness (QED) is 0.245. The molecule has 7 nitrogen and oxygen atoms in total. The van der Waals surface area contributed by atoms with Crippen molar-refractivity contribution in [3.05, 3.63) is 93.3 Å². The summed E-state index contributed by atoms with van der Waals surface area (Å²) in [7, 11) is 1.61. The van der Waals surface area contributed by atoms with Gasteiger partial charge in [-0.3, -0.25) is 14.0 Å². The minimum Gasteiger partial charge on any atom is -0.496 e. The molecule has 5 aromatic rings. The third-order valence-corrected chi connectivity index (χ3v) is 7.02. The Hall–Kier alpha value is -3.91. The predicted octanol–water partition coefficient (Wildman–Crippen LogP) is 5.15. The van der Waals surface area contributed by atoms with Gasteiger partial charge < -0.3 is 4.74 Å². The van der Waals surface area contributed by atoms with Crippen molar-refractivity contribution in [1.82, 2.24) is 19.2 Å². The van der Waals surface area contributed by atoms with Crippen LogP contribution in [-0.4, -0.2) is 32.1 Å². The van der Waals surface area contributed by atoms with Crippen molar-refractivity contribution in [3.8, 4) is 11.4 Å². The van der Waals surface area contributed by atoms with E-state index in [1.807, 2.05) is 72.8 Å². The smallest absolute Gasteiger partial charge is 0.267 e. The Labute approximate surface area is 206 Å². The van der Waals surface area contributed by atoms with E-state index >= 15 is 0 Å². The van der Waals surface area contributed by atoms with E-state index in [0.29, 0.717) is 33.4 Å². The van der Waals surface area contributed by atoms with Gasteiger partial charge in [0.1, 0.15) is 5.75 Å². The van der Waals surface area contributed by atoms with Crippen LogP contribution >= 0.6 is 11.8 Å². The first-order valence-corrected chi connectivity index (χ1v) is 12.1. The van der Waals surface area contributed by atoms with E-state index in [-0.39, 0.29) is 11.3 Å². The van der Waals surface area contributed by atoms with Gasteiger partial charge in [-0.15, -0.1) is 10.2 Å². The van der Waals surface area contributed by atoms with Gasteiger partial charge in [-0.1, -0.05) is 36.0 Å². The number of rotatable bonds is 6. The number of nitrogens with zero attached hydrogens (tertiary/aromatic N) is 4. The van der Waals surface area contributed by atoms with Gasteiger partial charge >= 0.3 is 0 Å². The maximum absolute atomic E-state index is 13.6. The summed E-state index contributed by atoms with van der Waals surface area (Å²) in [6.45, 7) is 5.52. The lowest BCUT2D eigenvalue weighted by molar-refractivity contribution is 0.101. The van der Waals surface area contributed by atoms with Gasteiger partial charge in [-0.2, -0.15) is 0 Å². The van der Waals surface area contributed by atoms with E-state index in [1.165, 1.54) is 11.8 Å². The first-order chi connectivity index (χ1) is 16.9. The number of thioether (sulfide) groups is 1. The summed E-state index contributed by atoms with van der Waals surface area (Å²) < 4.78 is 9.07. The van der Waals surface area contributed by atoms with Gasteiger partial charge in [0.25, 0.3) is 5.56 Å². The average Bonchev–Trinajstić information content (AvgIpc) is 3.28. The molecule has 0 aliphatic carbocycles. The number of fused-ring (bicyclic) bond motifs is 3. The lowest BCUT2D eigenvalue weighted by Crippen LogP contribution is -2.22. The molecule has 0 saturated carbocycles. The Morgan fingerprint density at radius 1 is 1.03 bits per heavy atom. The van der Waals surface area contributed by atoms with Crippen LogP contribution in [0.25, 0.3) is 22.4 Å².